The lowest BCUT2D eigenvalue weighted by Crippen LogP contribution is -2.41. The Hall–Kier alpha value is -1.07. The second-order valence-electron chi connectivity index (χ2n) is 4.83. The number of carbonyl (C=O) groups is 2. The molecule has 18 heavy (non-hydrogen) atoms. The Balaban J connectivity index is 2.61. The predicted octanol–water partition coefficient (Wildman–Crippen LogP) is 3.50. The third-order valence-electron chi connectivity index (χ3n) is 1.97. The van der Waals surface area contributed by atoms with Gasteiger partial charge in [0.25, 0.3) is 0 Å². The molecule has 0 fully saturated rings. The van der Waals surface area contributed by atoms with E-state index in [-0.39, 0.29) is 5.78 Å². The fraction of sp³-hybridized carbons (Fsp3) is 0.500. The number of alkyl carbamates (subject to hydrolysis) is 1. The summed E-state index contributed by atoms with van der Waals surface area (Å²) in [7, 11) is 0. The molecular formula is C12H16ClNO3S. The summed E-state index contributed by atoms with van der Waals surface area (Å²) in [5.41, 5.74) is -0.590. The molecule has 0 spiro atoms. The average molecular weight is 290 g/mol. The van der Waals surface area contributed by atoms with E-state index in [1.54, 1.807) is 39.1 Å². The zero-order valence-electron chi connectivity index (χ0n) is 10.7. The molecule has 6 heteroatoms. The van der Waals surface area contributed by atoms with E-state index in [4.69, 9.17) is 16.3 Å². The smallest absolute Gasteiger partial charge is 0.408 e. The number of ether oxygens (including phenoxy) is 1. The van der Waals surface area contributed by atoms with Crippen LogP contribution in [0.1, 0.15) is 37.4 Å². The molecule has 100 valence electrons. The largest absolute Gasteiger partial charge is 0.444 e. The van der Waals surface area contributed by atoms with Crippen LogP contribution in [0.3, 0.4) is 0 Å². The molecule has 0 aromatic carbocycles. The van der Waals surface area contributed by atoms with Crippen LogP contribution in [0.5, 0.6) is 0 Å². The summed E-state index contributed by atoms with van der Waals surface area (Å²) in [5.74, 6) is -0.221. The van der Waals surface area contributed by atoms with Crippen LogP contribution in [0.2, 0.25) is 5.02 Å². The van der Waals surface area contributed by atoms with E-state index in [1.807, 2.05) is 0 Å². The van der Waals surface area contributed by atoms with Crippen LogP contribution in [0.4, 0.5) is 4.79 Å². The van der Waals surface area contributed by atoms with Crippen LogP contribution in [0, 0.1) is 0 Å². The van der Waals surface area contributed by atoms with Gasteiger partial charge in [0.1, 0.15) is 5.60 Å². The Morgan fingerprint density at radius 3 is 2.50 bits per heavy atom. The number of Topliss-reactive ketones (excluding diaryl/α,β-unsaturated/α-hetero) is 1. The highest BCUT2D eigenvalue weighted by molar-refractivity contribution is 7.12. The van der Waals surface area contributed by atoms with Gasteiger partial charge in [0.15, 0.2) is 5.78 Å². The van der Waals surface area contributed by atoms with E-state index in [2.05, 4.69) is 5.32 Å². The summed E-state index contributed by atoms with van der Waals surface area (Å²) in [5, 5.41) is 4.63. The zero-order chi connectivity index (χ0) is 13.9. The van der Waals surface area contributed by atoms with E-state index in [0.717, 1.165) is 0 Å². The topological polar surface area (TPSA) is 55.4 Å². The second-order valence-corrected chi connectivity index (χ2v) is 6.15. The molecule has 1 aromatic heterocycles. The maximum Gasteiger partial charge on any atom is 0.408 e. The first kappa shape index (κ1) is 15.0. The highest BCUT2D eigenvalue weighted by Crippen LogP contribution is 2.23. The highest BCUT2D eigenvalue weighted by atomic mass is 35.5. The van der Waals surface area contributed by atoms with Crippen LogP contribution in [0.15, 0.2) is 11.4 Å². The van der Waals surface area contributed by atoms with Crippen molar-refractivity contribution < 1.29 is 14.3 Å². The number of hydrogen-bond donors (Lipinski definition) is 1. The third kappa shape index (κ3) is 4.31. The molecule has 1 N–H and O–H groups in total. The molecule has 0 saturated carbocycles. The number of halogens is 1. The van der Waals surface area contributed by atoms with Crippen molar-refractivity contribution in [3.05, 3.63) is 21.3 Å². The van der Waals surface area contributed by atoms with Crippen LogP contribution in [0.25, 0.3) is 0 Å². The van der Waals surface area contributed by atoms with Gasteiger partial charge in [0, 0.05) is 0 Å². The molecule has 1 amide bonds. The van der Waals surface area contributed by atoms with Crippen molar-refractivity contribution in [2.24, 2.45) is 0 Å². The maximum absolute atomic E-state index is 12.0. The molecule has 1 heterocycles. The standard InChI is InChI=1S/C12H16ClNO3S/c1-7(14-11(16)17-12(2,3)4)9(15)10-8(13)5-6-18-10/h5-7H,1-4H3,(H,14,16)/t7-/m1/s1. The first-order valence-corrected chi connectivity index (χ1v) is 6.73. The van der Waals surface area contributed by atoms with E-state index in [1.165, 1.54) is 11.3 Å². The molecule has 0 radical (unpaired) electrons. The highest BCUT2D eigenvalue weighted by Gasteiger charge is 2.23. The molecule has 0 aliphatic carbocycles. The molecule has 0 aliphatic rings. The van der Waals surface area contributed by atoms with Crippen LogP contribution in [-0.2, 0) is 4.74 Å². The van der Waals surface area contributed by atoms with Gasteiger partial charge in [0.2, 0.25) is 0 Å². The zero-order valence-corrected chi connectivity index (χ0v) is 12.3. The van der Waals surface area contributed by atoms with Crippen LogP contribution < -0.4 is 5.32 Å². The van der Waals surface area contributed by atoms with E-state index in [9.17, 15) is 9.59 Å². The van der Waals surface area contributed by atoms with Gasteiger partial charge in [-0.1, -0.05) is 11.6 Å². The van der Waals surface area contributed by atoms with Gasteiger partial charge in [-0.2, -0.15) is 0 Å². The minimum Gasteiger partial charge on any atom is -0.444 e. The lowest BCUT2D eigenvalue weighted by atomic mass is 10.2. The average Bonchev–Trinajstić information content (AvgIpc) is 2.60. The van der Waals surface area contributed by atoms with Crippen molar-refractivity contribution in [1.29, 1.82) is 0 Å². The van der Waals surface area contributed by atoms with Gasteiger partial charge >= 0.3 is 6.09 Å². The number of thiophene rings is 1. The third-order valence-corrected chi connectivity index (χ3v) is 3.32. The molecule has 0 saturated heterocycles. The first-order chi connectivity index (χ1) is 8.20. The molecule has 1 rings (SSSR count). The van der Waals surface area contributed by atoms with Crippen molar-refractivity contribution >= 4 is 34.8 Å². The van der Waals surface area contributed by atoms with Crippen LogP contribution in [-0.4, -0.2) is 23.5 Å². The number of nitrogens with one attached hydrogen (secondary N) is 1. The van der Waals surface area contributed by atoms with Gasteiger partial charge in [-0.15, -0.1) is 11.3 Å². The summed E-state index contributed by atoms with van der Waals surface area (Å²) in [6, 6.07) is 0.982. The van der Waals surface area contributed by atoms with E-state index in [0.29, 0.717) is 9.90 Å². The Labute approximate surface area is 115 Å². The maximum atomic E-state index is 12.0. The minimum atomic E-state index is -0.670. The molecule has 0 bridgehead atoms. The molecular weight excluding hydrogens is 274 g/mol. The predicted molar refractivity (Wildman–Crippen MR) is 72.5 cm³/mol. The Bertz CT molecular complexity index is 450. The lowest BCUT2D eigenvalue weighted by molar-refractivity contribution is 0.0497. The summed E-state index contributed by atoms with van der Waals surface area (Å²) in [6.45, 7) is 6.88. The summed E-state index contributed by atoms with van der Waals surface area (Å²) in [6.07, 6.45) is -0.615. The Morgan fingerprint density at radius 1 is 1.44 bits per heavy atom. The number of carbonyl (C=O) groups excluding carboxylic acids is 2. The van der Waals surface area contributed by atoms with Gasteiger partial charge in [-0.25, -0.2) is 4.79 Å². The lowest BCUT2D eigenvalue weighted by Gasteiger charge is -2.21. The number of rotatable bonds is 3. The van der Waals surface area contributed by atoms with Gasteiger partial charge in [-0.05, 0) is 39.1 Å². The molecule has 0 aliphatic heterocycles. The van der Waals surface area contributed by atoms with Crippen molar-refractivity contribution in [3.63, 3.8) is 0 Å². The summed E-state index contributed by atoms with van der Waals surface area (Å²) in [4.78, 5) is 23.9. The Kier molecular flexibility index (Phi) is 4.76. The quantitative estimate of drug-likeness (QED) is 0.867. The SMILES string of the molecule is C[C@@H](NC(=O)OC(C)(C)C)C(=O)c1sccc1Cl. The molecule has 1 atom stereocenters. The number of ketones is 1. The van der Waals surface area contributed by atoms with Gasteiger partial charge < -0.3 is 10.1 Å². The normalized spacial score (nSPS) is 12.9. The molecule has 0 unspecified atom stereocenters. The Morgan fingerprint density at radius 2 is 2.06 bits per heavy atom. The molecule has 1 aromatic rings. The van der Waals surface area contributed by atoms with Crippen molar-refractivity contribution in [2.45, 2.75) is 39.3 Å². The number of hydrogen-bond acceptors (Lipinski definition) is 4. The molecule has 4 nitrogen and oxygen atoms in total. The van der Waals surface area contributed by atoms with Crippen molar-refractivity contribution in [3.8, 4) is 0 Å². The van der Waals surface area contributed by atoms with Crippen molar-refractivity contribution in [2.75, 3.05) is 0 Å². The minimum absolute atomic E-state index is 0.221. The van der Waals surface area contributed by atoms with Gasteiger partial charge in [0.05, 0.1) is 15.9 Å². The second kappa shape index (κ2) is 5.71. The van der Waals surface area contributed by atoms with E-state index >= 15 is 0 Å². The van der Waals surface area contributed by atoms with E-state index < -0.39 is 17.7 Å². The fourth-order valence-corrected chi connectivity index (χ4v) is 2.39. The van der Waals surface area contributed by atoms with Gasteiger partial charge in [-0.3, -0.25) is 4.79 Å². The van der Waals surface area contributed by atoms with Crippen LogP contribution >= 0.6 is 22.9 Å². The summed E-state index contributed by atoms with van der Waals surface area (Å²) < 4.78 is 5.07. The first-order valence-electron chi connectivity index (χ1n) is 5.47. The number of amides is 1. The monoisotopic (exact) mass is 289 g/mol. The fourth-order valence-electron chi connectivity index (χ4n) is 1.22. The summed E-state index contributed by atoms with van der Waals surface area (Å²) >= 11 is 7.12. The van der Waals surface area contributed by atoms with Crippen molar-refractivity contribution in [1.82, 2.24) is 5.32 Å².